The Morgan fingerprint density at radius 2 is 2.21 bits per heavy atom. The zero-order valence-corrected chi connectivity index (χ0v) is 8.17. The van der Waals surface area contributed by atoms with Crippen LogP contribution in [0.1, 0.15) is 35.8 Å². The van der Waals surface area contributed by atoms with E-state index in [1.54, 1.807) is 6.07 Å². The van der Waals surface area contributed by atoms with Crippen LogP contribution in [0.25, 0.3) is 0 Å². The van der Waals surface area contributed by atoms with Gasteiger partial charge in [-0.05, 0) is 25.0 Å². The lowest BCUT2D eigenvalue weighted by atomic mass is 10.1. The average molecular weight is 194 g/mol. The molecule has 0 unspecified atom stereocenters. The van der Waals surface area contributed by atoms with Crippen molar-refractivity contribution in [2.45, 2.75) is 26.2 Å². The predicted octanol–water partition coefficient (Wildman–Crippen LogP) is 0.816. The number of aromatic nitrogens is 1. The molecule has 0 aromatic carbocycles. The van der Waals surface area contributed by atoms with E-state index in [0.717, 1.165) is 25.0 Å². The molecule has 1 heterocycles. The second-order valence-corrected chi connectivity index (χ2v) is 3.19. The van der Waals surface area contributed by atoms with Gasteiger partial charge in [-0.25, -0.2) is 0 Å². The summed E-state index contributed by atoms with van der Waals surface area (Å²) in [7, 11) is 0. The number of nitrogens with two attached hydrogens (primary N) is 1. The van der Waals surface area contributed by atoms with E-state index >= 15 is 0 Å². The third kappa shape index (κ3) is 2.45. The molecule has 3 N–H and O–H groups in total. The number of pyridine rings is 1. The van der Waals surface area contributed by atoms with Gasteiger partial charge in [0.25, 0.3) is 11.5 Å². The standard InChI is InChI=1S/C10H14N2O2/c1-2-3-4-7-5-6-8(9(11)13)10(14)12-7/h5-6H,2-4H2,1H3,(H2,11,13)(H,12,14). The first-order valence-corrected chi connectivity index (χ1v) is 4.67. The molecule has 0 saturated heterocycles. The second-order valence-electron chi connectivity index (χ2n) is 3.19. The predicted molar refractivity (Wildman–Crippen MR) is 54.2 cm³/mol. The Morgan fingerprint density at radius 1 is 1.50 bits per heavy atom. The van der Waals surface area contributed by atoms with Gasteiger partial charge in [0.15, 0.2) is 0 Å². The summed E-state index contributed by atoms with van der Waals surface area (Å²) in [6.45, 7) is 2.08. The lowest BCUT2D eigenvalue weighted by Crippen LogP contribution is -2.23. The van der Waals surface area contributed by atoms with Crippen molar-refractivity contribution >= 4 is 5.91 Å². The van der Waals surface area contributed by atoms with Crippen LogP contribution >= 0.6 is 0 Å². The molecule has 14 heavy (non-hydrogen) atoms. The van der Waals surface area contributed by atoms with Crippen molar-refractivity contribution in [1.29, 1.82) is 0 Å². The van der Waals surface area contributed by atoms with Crippen molar-refractivity contribution < 1.29 is 4.79 Å². The van der Waals surface area contributed by atoms with E-state index in [0.29, 0.717) is 0 Å². The maximum atomic E-state index is 11.3. The van der Waals surface area contributed by atoms with Gasteiger partial charge in [-0.1, -0.05) is 13.3 Å². The van der Waals surface area contributed by atoms with E-state index < -0.39 is 11.5 Å². The number of carbonyl (C=O) groups is 1. The molecule has 0 spiro atoms. The molecule has 0 radical (unpaired) electrons. The van der Waals surface area contributed by atoms with E-state index in [9.17, 15) is 9.59 Å². The summed E-state index contributed by atoms with van der Waals surface area (Å²) in [6, 6.07) is 3.21. The fourth-order valence-corrected chi connectivity index (χ4v) is 1.22. The van der Waals surface area contributed by atoms with E-state index in [1.165, 1.54) is 6.07 Å². The summed E-state index contributed by atoms with van der Waals surface area (Å²) in [4.78, 5) is 24.7. The Kier molecular flexibility index (Phi) is 3.45. The number of nitrogens with one attached hydrogen (secondary N) is 1. The monoisotopic (exact) mass is 194 g/mol. The zero-order valence-electron chi connectivity index (χ0n) is 8.17. The number of aryl methyl sites for hydroxylation is 1. The number of primary amides is 1. The number of hydrogen-bond donors (Lipinski definition) is 2. The van der Waals surface area contributed by atoms with Gasteiger partial charge in [-0.3, -0.25) is 9.59 Å². The smallest absolute Gasteiger partial charge is 0.260 e. The first-order valence-electron chi connectivity index (χ1n) is 4.67. The van der Waals surface area contributed by atoms with E-state index in [2.05, 4.69) is 11.9 Å². The molecule has 0 saturated carbocycles. The van der Waals surface area contributed by atoms with Gasteiger partial charge in [-0.15, -0.1) is 0 Å². The highest BCUT2D eigenvalue weighted by Gasteiger charge is 2.05. The highest BCUT2D eigenvalue weighted by Crippen LogP contribution is 2.00. The van der Waals surface area contributed by atoms with Crippen molar-refractivity contribution in [2.75, 3.05) is 0 Å². The van der Waals surface area contributed by atoms with Crippen molar-refractivity contribution in [2.24, 2.45) is 5.73 Å². The van der Waals surface area contributed by atoms with Crippen LogP contribution in [0.4, 0.5) is 0 Å². The molecule has 1 aromatic heterocycles. The second kappa shape index (κ2) is 4.60. The molecule has 4 nitrogen and oxygen atoms in total. The lowest BCUT2D eigenvalue weighted by molar-refractivity contribution is 0.0999. The summed E-state index contributed by atoms with van der Waals surface area (Å²) in [5.74, 6) is -0.687. The van der Waals surface area contributed by atoms with Crippen LogP contribution in [0, 0.1) is 0 Å². The largest absolute Gasteiger partial charge is 0.365 e. The topological polar surface area (TPSA) is 76.0 Å². The van der Waals surface area contributed by atoms with Gasteiger partial charge < -0.3 is 10.7 Å². The van der Waals surface area contributed by atoms with Crippen molar-refractivity contribution in [3.05, 3.63) is 33.7 Å². The van der Waals surface area contributed by atoms with E-state index in [1.807, 2.05) is 0 Å². The van der Waals surface area contributed by atoms with Gasteiger partial charge in [0.1, 0.15) is 5.56 Å². The third-order valence-electron chi connectivity index (χ3n) is 2.04. The van der Waals surface area contributed by atoms with Gasteiger partial charge in [0.05, 0.1) is 0 Å². The first-order chi connectivity index (χ1) is 6.65. The lowest BCUT2D eigenvalue weighted by Gasteiger charge is -2.00. The minimum absolute atomic E-state index is 0.0187. The van der Waals surface area contributed by atoms with Crippen LogP contribution in [0.3, 0.4) is 0 Å². The molecule has 76 valence electrons. The SMILES string of the molecule is CCCCc1ccc(C(N)=O)c(=O)[nH]1. The number of hydrogen-bond acceptors (Lipinski definition) is 2. The van der Waals surface area contributed by atoms with Crippen LogP contribution in [-0.4, -0.2) is 10.9 Å². The van der Waals surface area contributed by atoms with Gasteiger partial charge >= 0.3 is 0 Å². The van der Waals surface area contributed by atoms with Crippen LogP contribution < -0.4 is 11.3 Å². The number of unbranched alkanes of at least 4 members (excludes halogenated alkanes) is 1. The molecule has 1 aromatic rings. The normalized spacial score (nSPS) is 10.1. The molecule has 1 amide bonds. The highest BCUT2D eigenvalue weighted by molar-refractivity contribution is 5.92. The Hall–Kier alpha value is -1.58. The summed E-state index contributed by atoms with van der Waals surface area (Å²) in [6.07, 6.45) is 2.91. The maximum Gasteiger partial charge on any atom is 0.260 e. The van der Waals surface area contributed by atoms with Crippen LogP contribution in [0.5, 0.6) is 0 Å². The highest BCUT2D eigenvalue weighted by atomic mass is 16.2. The molecule has 0 bridgehead atoms. The zero-order chi connectivity index (χ0) is 10.6. The average Bonchev–Trinajstić information content (AvgIpc) is 2.14. The molecule has 0 aliphatic heterocycles. The van der Waals surface area contributed by atoms with Gasteiger partial charge in [0.2, 0.25) is 0 Å². The number of H-pyrrole nitrogens is 1. The van der Waals surface area contributed by atoms with Gasteiger partial charge in [-0.2, -0.15) is 0 Å². The van der Waals surface area contributed by atoms with Crippen LogP contribution in [0.15, 0.2) is 16.9 Å². The summed E-state index contributed by atoms with van der Waals surface area (Å²) >= 11 is 0. The van der Waals surface area contributed by atoms with E-state index in [-0.39, 0.29) is 5.56 Å². The van der Waals surface area contributed by atoms with Crippen molar-refractivity contribution in [3.8, 4) is 0 Å². The number of rotatable bonds is 4. The Labute approximate surface area is 82.1 Å². The van der Waals surface area contributed by atoms with Crippen molar-refractivity contribution in [3.63, 3.8) is 0 Å². The number of aromatic amines is 1. The van der Waals surface area contributed by atoms with Gasteiger partial charge in [0, 0.05) is 5.69 Å². The first kappa shape index (κ1) is 10.5. The Morgan fingerprint density at radius 3 is 2.71 bits per heavy atom. The Bertz CT molecular complexity index is 382. The molecule has 0 aliphatic rings. The van der Waals surface area contributed by atoms with Crippen LogP contribution in [-0.2, 0) is 6.42 Å². The van der Waals surface area contributed by atoms with E-state index in [4.69, 9.17) is 5.73 Å². The maximum absolute atomic E-state index is 11.3. The third-order valence-corrected chi connectivity index (χ3v) is 2.04. The summed E-state index contributed by atoms with van der Waals surface area (Å²) in [5, 5.41) is 0. The Balaban J connectivity index is 2.89. The summed E-state index contributed by atoms with van der Waals surface area (Å²) < 4.78 is 0. The molecule has 0 atom stereocenters. The van der Waals surface area contributed by atoms with Crippen molar-refractivity contribution in [1.82, 2.24) is 4.98 Å². The quantitative estimate of drug-likeness (QED) is 0.744. The van der Waals surface area contributed by atoms with Crippen LogP contribution in [0.2, 0.25) is 0 Å². The minimum atomic E-state index is -0.687. The molecular weight excluding hydrogens is 180 g/mol. The minimum Gasteiger partial charge on any atom is -0.365 e. The molecule has 0 fully saturated rings. The number of carbonyl (C=O) groups excluding carboxylic acids is 1. The molecule has 1 rings (SSSR count). The number of amides is 1. The molecule has 4 heteroatoms. The fraction of sp³-hybridized carbons (Fsp3) is 0.400. The molecular formula is C10H14N2O2. The fourth-order valence-electron chi connectivity index (χ4n) is 1.22. The summed E-state index contributed by atoms with van der Waals surface area (Å²) in [5.41, 5.74) is 5.48. The molecule has 0 aliphatic carbocycles.